The quantitative estimate of drug-likeness (QED) is 0.741. The van der Waals surface area contributed by atoms with E-state index < -0.39 is 0 Å². The normalized spacial score (nSPS) is 18.6. The summed E-state index contributed by atoms with van der Waals surface area (Å²) in [6.07, 6.45) is 3.74. The molecule has 0 aromatic heterocycles. The molecule has 1 aromatic rings. The number of hydrogen-bond donors (Lipinski definition) is 1. The molecule has 112 valence electrons. The lowest BCUT2D eigenvalue weighted by molar-refractivity contribution is 0.0166. The summed E-state index contributed by atoms with van der Waals surface area (Å²) in [7, 11) is 0. The minimum Gasteiger partial charge on any atom is -0.379 e. The molecule has 1 fully saturated rings. The molecule has 1 aromatic carbocycles. The van der Waals surface area contributed by atoms with Crippen LogP contribution < -0.4 is 5.32 Å². The van der Waals surface area contributed by atoms with Crippen LogP contribution in [-0.2, 0) is 16.0 Å². The summed E-state index contributed by atoms with van der Waals surface area (Å²) >= 11 is 0. The Bertz CT molecular complexity index is 400. The first-order valence-corrected chi connectivity index (χ1v) is 7.72. The van der Waals surface area contributed by atoms with E-state index in [9.17, 15) is 0 Å². The standard InChI is InChI=1S/C17H27NO2/c1-14-6-3-7-16(15(14)2)12-18-9-5-10-19-13-17-8-4-11-20-17/h3,6-7,17-18H,4-5,8-13H2,1-2H3. The summed E-state index contributed by atoms with van der Waals surface area (Å²) < 4.78 is 11.2. The zero-order valence-electron chi connectivity index (χ0n) is 12.8. The van der Waals surface area contributed by atoms with Gasteiger partial charge < -0.3 is 14.8 Å². The van der Waals surface area contributed by atoms with E-state index in [4.69, 9.17) is 9.47 Å². The molecule has 1 heterocycles. The smallest absolute Gasteiger partial charge is 0.0809 e. The zero-order valence-corrected chi connectivity index (χ0v) is 12.8. The maximum absolute atomic E-state index is 5.65. The fourth-order valence-corrected chi connectivity index (χ4v) is 2.52. The molecule has 1 atom stereocenters. The Morgan fingerprint density at radius 1 is 1.35 bits per heavy atom. The molecule has 20 heavy (non-hydrogen) atoms. The summed E-state index contributed by atoms with van der Waals surface area (Å²) in [4.78, 5) is 0. The molecule has 0 bridgehead atoms. The summed E-state index contributed by atoms with van der Waals surface area (Å²) in [5.74, 6) is 0. The van der Waals surface area contributed by atoms with Gasteiger partial charge >= 0.3 is 0 Å². The topological polar surface area (TPSA) is 30.5 Å². The lowest BCUT2D eigenvalue weighted by atomic mass is 10.0. The van der Waals surface area contributed by atoms with Crippen LogP contribution in [0.25, 0.3) is 0 Å². The van der Waals surface area contributed by atoms with Crippen molar-refractivity contribution in [1.29, 1.82) is 0 Å². The number of nitrogens with one attached hydrogen (secondary N) is 1. The van der Waals surface area contributed by atoms with Crippen molar-refractivity contribution < 1.29 is 9.47 Å². The summed E-state index contributed by atoms with van der Waals surface area (Å²) in [5, 5.41) is 3.49. The SMILES string of the molecule is Cc1cccc(CNCCCOCC2CCCO2)c1C. The molecular formula is C17H27NO2. The average molecular weight is 277 g/mol. The lowest BCUT2D eigenvalue weighted by Gasteiger charge is -2.11. The Kier molecular flexibility index (Phi) is 6.51. The van der Waals surface area contributed by atoms with Crippen molar-refractivity contribution in [2.75, 3.05) is 26.4 Å². The minimum absolute atomic E-state index is 0.345. The van der Waals surface area contributed by atoms with E-state index in [1.807, 2.05) is 0 Å². The van der Waals surface area contributed by atoms with E-state index in [-0.39, 0.29) is 0 Å². The molecular weight excluding hydrogens is 250 g/mol. The van der Waals surface area contributed by atoms with Crippen molar-refractivity contribution in [2.24, 2.45) is 0 Å². The van der Waals surface area contributed by atoms with Crippen LogP contribution in [0.5, 0.6) is 0 Å². The maximum Gasteiger partial charge on any atom is 0.0809 e. The lowest BCUT2D eigenvalue weighted by Crippen LogP contribution is -2.19. The number of hydrogen-bond acceptors (Lipinski definition) is 3. The molecule has 0 amide bonds. The molecule has 0 spiro atoms. The number of benzene rings is 1. The van der Waals surface area contributed by atoms with Gasteiger partial charge in [-0.05, 0) is 56.3 Å². The zero-order chi connectivity index (χ0) is 14.2. The molecule has 1 saturated heterocycles. The predicted molar refractivity (Wildman–Crippen MR) is 82.0 cm³/mol. The van der Waals surface area contributed by atoms with Gasteiger partial charge in [-0.1, -0.05) is 18.2 Å². The molecule has 0 saturated carbocycles. The predicted octanol–water partition coefficient (Wildman–Crippen LogP) is 2.98. The van der Waals surface area contributed by atoms with Gasteiger partial charge in [-0.15, -0.1) is 0 Å². The molecule has 2 rings (SSSR count). The van der Waals surface area contributed by atoms with Crippen LogP contribution in [0.15, 0.2) is 18.2 Å². The van der Waals surface area contributed by atoms with E-state index in [1.54, 1.807) is 0 Å². The van der Waals surface area contributed by atoms with Gasteiger partial charge in [0.15, 0.2) is 0 Å². The highest BCUT2D eigenvalue weighted by Crippen LogP contribution is 2.13. The summed E-state index contributed by atoms with van der Waals surface area (Å²) in [6.45, 7) is 8.79. The van der Waals surface area contributed by atoms with Crippen LogP contribution in [0.4, 0.5) is 0 Å². The molecule has 1 aliphatic rings. The van der Waals surface area contributed by atoms with Gasteiger partial charge in [-0.3, -0.25) is 0 Å². The van der Waals surface area contributed by atoms with Crippen molar-refractivity contribution in [3.8, 4) is 0 Å². The Morgan fingerprint density at radius 2 is 2.25 bits per heavy atom. The molecule has 3 heteroatoms. The van der Waals surface area contributed by atoms with Gasteiger partial charge in [0.05, 0.1) is 12.7 Å². The van der Waals surface area contributed by atoms with Gasteiger partial charge in [-0.25, -0.2) is 0 Å². The van der Waals surface area contributed by atoms with Gasteiger partial charge in [0, 0.05) is 19.8 Å². The van der Waals surface area contributed by atoms with E-state index in [2.05, 4.69) is 37.4 Å². The molecule has 1 aliphatic heterocycles. The second-order valence-electron chi connectivity index (χ2n) is 5.60. The molecule has 0 aliphatic carbocycles. The molecule has 1 unspecified atom stereocenters. The van der Waals surface area contributed by atoms with Crippen molar-refractivity contribution >= 4 is 0 Å². The maximum atomic E-state index is 5.65. The van der Waals surface area contributed by atoms with Gasteiger partial charge in [0.2, 0.25) is 0 Å². The Morgan fingerprint density at radius 3 is 3.05 bits per heavy atom. The highest BCUT2D eigenvalue weighted by Gasteiger charge is 2.14. The van der Waals surface area contributed by atoms with Crippen molar-refractivity contribution in [3.05, 3.63) is 34.9 Å². The monoisotopic (exact) mass is 277 g/mol. The Balaban J connectivity index is 1.52. The molecule has 0 radical (unpaired) electrons. The van der Waals surface area contributed by atoms with Crippen LogP contribution >= 0.6 is 0 Å². The number of ether oxygens (including phenoxy) is 2. The van der Waals surface area contributed by atoms with Crippen LogP contribution in [0, 0.1) is 13.8 Å². The largest absolute Gasteiger partial charge is 0.379 e. The second kappa shape index (κ2) is 8.40. The van der Waals surface area contributed by atoms with Crippen molar-refractivity contribution in [3.63, 3.8) is 0 Å². The Hall–Kier alpha value is -0.900. The van der Waals surface area contributed by atoms with Crippen molar-refractivity contribution in [1.82, 2.24) is 5.32 Å². The first-order valence-electron chi connectivity index (χ1n) is 7.72. The fraction of sp³-hybridized carbons (Fsp3) is 0.647. The summed E-state index contributed by atoms with van der Waals surface area (Å²) in [5.41, 5.74) is 4.16. The van der Waals surface area contributed by atoms with Gasteiger partial charge in [0.1, 0.15) is 0 Å². The van der Waals surface area contributed by atoms with Crippen LogP contribution in [-0.4, -0.2) is 32.5 Å². The average Bonchev–Trinajstić information content (AvgIpc) is 2.95. The number of rotatable bonds is 8. The van der Waals surface area contributed by atoms with Crippen LogP contribution in [0.3, 0.4) is 0 Å². The van der Waals surface area contributed by atoms with Gasteiger partial charge in [0.25, 0.3) is 0 Å². The second-order valence-corrected chi connectivity index (χ2v) is 5.60. The van der Waals surface area contributed by atoms with E-state index in [0.717, 1.165) is 45.8 Å². The number of aryl methyl sites for hydroxylation is 1. The first-order chi connectivity index (χ1) is 9.77. The third kappa shape index (κ3) is 4.89. The van der Waals surface area contributed by atoms with Crippen LogP contribution in [0.1, 0.15) is 36.0 Å². The first kappa shape index (κ1) is 15.5. The minimum atomic E-state index is 0.345. The van der Waals surface area contributed by atoms with Gasteiger partial charge in [-0.2, -0.15) is 0 Å². The summed E-state index contributed by atoms with van der Waals surface area (Å²) in [6, 6.07) is 6.49. The van der Waals surface area contributed by atoms with Crippen LogP contribution in [0.2, 0.25) is 0 Å². The molecule has 3 nitrogen and oxygen atoms in total. The highest BCUT2D eigenvalue weighted by molar-refractivity contribution is 5.32. The third-order valence-electron chi connectivity index (χ3n) is 4.00. The highest BCUT2D eigenvalue weighted by atomic mass is 16.5. The fourth-order valence-electron chi connectivity index (χ4n) is 2.52. The molecule has 1 N–H and O–H groups in total. The van der Waals surface area contributed by atoms with E-state index >= 15 is 0 Å². The van der Waals surface area contributed by atoms with E-state index in [1.165, 1.54) is 23.1 Å². The Labute approximate surface area is 122 Å². The van der Waals surface area contributed by atoms with E-state index in [0.29, 0.717) is 6.10 Å². The third-order valence-corrected chi connectivity index (χ3v) is 4.00. The van der Waals surface area contributed by atoms with Crippen molar-refractivity contribution in [2.45, 2.75) is 45.8 Å².